The first-order valence-corrected chi connectivity index (χ1v) is 44.7. The van der Waals surface area contributed by atoms with Gasteiger partial charge in [-0.2, -0.15) is 0 Å². The van der Waals surface area contributed by atoms with E-state index in [0.29, 0.717) is 31.6 Å². The van der Waals surface area contributed by atoms with Crippen LogP contribution in [0.3, 0.4) is 0 Å². The number of phosphoric ester groups is 2. The molecule has 0 saturated heterocycles. The van der Waals surface area contributed by atoms with Crippen LogP contribution in [0.25, 0.3) is 0 Å². The molecular formula is C81H158O17P2. The van der Waals surface area contributed by atoms with E-state index in [4.69, 9.17) is 37.0 Å². The molecule has 0 aromatic heterocycles. The molecule has 0 aliphatic rings. The molecule has 0 fully saturated rings. The van der Waals surface area contributed by atoms with Crippen LogP contribution in [-0.2, 0) is 65.4 Å². The van der Waals surface area contributed by atoms with Crippen molar-refractivity contribution in [3.8, 4) is 0 Å². The Bertz CT molecular complexity index is 1960. The maximum absolute atomic E-state index is 13.1. The predicted octanol–water partition coefficient (Wildman–Crippen LogP) is 24.0. The molecule has 0 bridgehead atoms. The van der Waals surface area contributed by atoms with Crippen LogP contribution in [0, 0.1) is 23.7 Å². The lowest BCUT2D eigenvalue weighted by atomic mass is 10.00. The molecule has 17 nitrogen and oxygen atoms in total. The van der Waals surface area contributed by atoms with Crippen molar-refractivity contribution in [2.45, 2.75) is 433 Å². The zero-order valence-electron chi connectivity index (χ0n) is 65.8. The van der Waals surface area contributed by atoms with Crippen LogP contribution in [0.15, 0.2) is 0 Å². The standard InChI is InChI=1S/C81H158O17P2/c1-9-74(8)60-52-44-39-40-46-54-62-79(84)92-68-77(98-81(86)64-56-47-36-30-26-22-18-13-11-10-12-16-20-24-28-33-41-49-57-71(2)3)70-96-100(89,90)94-66-75(82)65-93-99(87,88)95-69-76(67-91-78(83)61-53-45-38-32-35-43-51-59-73(6)7)97-80(85)63-55-48-37-31-27-23-19-15-14-17-21-25-29-34-42-50-58-72(4)5/h71-77,82H,9-70H2,1-8H3,(H,87,88)(H,89,90)/t74?,75-,76-,77-/m1/s1. The lowest BCUT2D eigenvalue weighted by Gasteiger charge is -2.21. The van der Waals surface area contributed by atoms with Crippen LogP contribution < -0.4 is 0 Å². The Morgan fingerprint density at radius 1 is 0.280 bits per heavy atom. The van der Waals surface area contributed by atoms with Crippen molar-refractivity contribution in [2.75, 3.05) is 39.6 Å². The molecule has 0 rings (SSSR count). The molecule has 0 aromatic rings. The van der Waals surface area contributed by atoms with Gasteiger partial charge in [-0.25, -0.2) is 9.13 Å². The van der Waals surface area contributed by atoms with Gasteiger partial charge in [0.15, 0.2) is 12.2 Å². The summed E-state index contributed by atoms with van der Waals surface area (Å²) in [6.45, 7) is 14.2. The van der Waals surface area contributed by atoms with Gasteiger partial charge in [0, 0.05) is 25.7 Å². The SMILES string of the molecule is CCC(C)CCCCCCCCC(=O)OC[C@H](COP(=O)(O)OC[C@H](O)COP(=O)(O)OC[C@@H](COC(=O)CCCCCCCCCC(C)C)OC(=O)CCCCCCCCCCCCCCCCCCC(C)C)OC(=O)CCCCCCCCCCCCCCCCCCCCC(C)C. The first kappa shape index (κ1) is 98.1. The summed E-state index contributed by atoms with van der Waals surface area (Å²) in [5.41, 5.74) is 0. The van der Waals surface area contributed by atoms with Gasteiger partial charge < -0.3 is 33.8 Å². The highest BCUT2D eigenvalue weighted by atomic mass is 31.2. The molecule has 0 saturated carbocycles. The molecule has 0 radical (unpaired) electrons. The lowest BCUT2D eigenvalue weighted by Crippen LogP contribution is -2.30. The number of hydrogen-bond donors (Lipinski definition) is 3. The fourth-order valence-corrected chi connectivity index (χ4v) is 14.0. The third-order valence-electron chi connectivity index (χ3n) is 19.2. The van der Waals surface area contributed by atoms with E-state index < -0.39 is 97.5 Å². The second kappa shape index (κ2) is 70.1. The van der Waals surface area contributed by atoms with Gasteiger partial charge in [0.1, 0.15) is 19.3 Å². The van der Waals surface area contributed by atoms with Gasteiger partial charge in [-0.05, 0) is 49.4 Å². The molecule has 0 heterocycles. The van der Waals surface area contributed by atoms with E-state index in [1.54, 1.807) is 0 Å². The molecule has 100 heavy (non-hydrogen) atoms. The highest BCUT2D eigenvalue weighted by Gasteiger charge is 2.30. The summed E-state index contributed by atoms with van der Waals surface area (Å²) >= 11 is 0. The van der Waals surface area contributed by atoms with Crippen LogP contribution in [0.4, 0.5) is 0 Å². The van der Waals surface area contributed by atoms with Crippen LogP contribution in [0.2, 0.25) is 0 Å². The molecule has 3 unspecified atom stereocenters. The molecule has 0 aromatic carbocycles. The van der Waals surface area contributed by atoms with Crippen LogP contribution >= 0.6 is 15.6 Å². The minimum absolute atomic E-state index is 0.107. The van der Waals surface area contributed by atoms with E-state index in [9.17, 15) is 43.2 Å². The molecule has 0 spiro atoms. The Labute approximate surface area is 613 Å². The van der Waals surface area contributed by atoms with Gasteiger partial charge in [-0.3, -0.25) is 37.3 Å². The second-order valence-corrected chi connectivity index (χ2v) is 33.7. The Balaban J connectivity index is 5.16. The number of esters is 4. The molecule has 19 heteroatoms. The number of carbonyl (C=O) groups excluding carboxylic acids is 4. The van der Waals surface area contributed by atoms with E-state index in [0.717, 1.165) is 120 Å². The predicted molar refractivity (Wildman–Crippen MR) is 409 cm³/mol. The fraction of sp³-hybridized carbons (Fsp3) is 0.951. The van der Waals surface area contributed by atoms with Gasteiger partial charge >= 0.3 is 39.5 Å². The highest BCUT2D eigenvalue weighted by Crippen LogP contribution is 2.45. The molecule has 0 aliphatic carbocycles. The normalized spacial score (nSPS) is 14.3. The van der Waals surface area contributed by atoms with Crippen LogP contribution in [0.5, 0.6) is 0 Å². The van der Waals surface area contributed by atoms with E-state index in [1.807, 2.05) is 0 Å². The van der Waals surface area contributed by atoms with Gasteiger partial charge in [0.2, 0.25) is 0 Å². The topological polar surface area (TPSA) is 237 Å². The minimum Gasteiger partial charge on any atom is -0.462 e. The van der Waals surface area contributed by atoms with E-state index >= 15 is 0 Å². The summed E-state index contributed by atoms with van der Waals surface area (Å²) in [7, 11) is -9.92. The fourth-order valence-electron chi connectivity index (χ4n) is 12.4. The highest BCUT2D eigenvalue weighted by molar-refractivity contribution is 7.47. The van der Waals surface area contributed by atoms with Crippen molar-refractivity contribution in [3.63, 3.8) is 0 Å². The number of carbonyl (C=O) groups is 4. The number of rotatable bonds is 78. The van der Waals surface area contributed by atoms with Gasteiger partial charge in [0.05, 0.1) is 26.4 Å². The van der Waals surface area contributed by atoms with Crippen molar-refractivity contribution in [1.29, 1.82) is 0 Å². The average molecular weight is 1470 g/mol. The molecule has 6 atom stereocenters. The Hall–Kier alpha value is -1.94. The Morgan fingerprint density at radius 3 is 0.710 bits per heavy atom. The zero-order valence-corrected chi connectivity index (χ0v) is 67.6. The lowest BCUT2D eigenvalue weighted by molar-refractivity contribution is -0.161. The monoisotopic (exact) mass is 1470 g/mol. The number of hydrogen-bond acceptors (Lipinski definition) is 15. The summed E-state index contributed by atoms with van der Waals surface area (Å²) in [4.78, 5) is 72.9. The van der Waals surface area contributed by atoms with E-state index in [2.05, 4.69) is 55.4 Å². The zero-order chi connectivity index (χ0) is 73.8. The average Bonchev–Trinajstić information content (AvgIpc) is 1.01. The van der Waals surface area contributed by atoms with Crippen molar-refractivity contribution in [1.82, 2.24) is 0 Å². The summed E-state index contributed by atoms with van der Waals surface area (Å²) in [5, 5.41) is 10.6. The minimum atomic E-state index is -4.96. The van der Waals surface area contributed by atoms with Crippen molar-refractivity contribution in [2.24, 2.45) is 23.7 Å². The van der Waals surface area contributed by atoms with Crippen molar-refractivity contribution in [3.05, 3.63) is 0 Å². The smallest absolute Gasteiger partial charge is 0.462 e. The maximum Gasteiger partial charge on any atom is 0.472 e. The number of aliphatic hydroxyl groups excluding tert-OH is 1. The van der Waals surface area contributed by atoms with Crippen LogP contribution in [0.1, 0.15) is 415 Å². The first-order chi connectivity index (χ1) is 48.1. The van der Waals surface area contributed by atoms with Gasteiger partial charge in [0.25, 0.3) is 0 Å². The quantitative estimate of drug-likeness (QED) is 0.0222. The largest absolute Gasteiger partial charge is 0.472 e. The molecule has 594 valence electrons. The van der Waals surface area contributed by atoms with Gasteiger partial charge in [-0.1, -0.05) is 364 Å². The van der Waals surface area contributed by atoms with Crippen LogP contribution in [-0.4, -0.2) is 96.7 Å². The summed E-state index contributed by atoms with van der Waals surface area (Å²) in [6, 6.07) is 0. The third-order valence-corrected chi connectivity index (χ3v) is 21.1. The molecular weight excluding hydrogens is 1310 g/mol. The van der Waals surface area contributed by atoms with Crippen molar-refractivity contribution >= 4 is 39.5 Å². The molecule has 0 amide bonds. The third kappa shape index (κ3) is 73.0. The Morgan fingerprint density at radius 2 is 0.480 bits per heavy atom. The molecule has 0 aliphatic heterocycles. The number of ether oxygens (including phenoxy) is 4. The van der Waals surface area contributed by atoms with E-state index in [1.165, 1.54) is 205 Å². The number of phosphoric acid groups is 2. The summed E-state index contributed by atoms with van der Waals surface area (Å²) < 4.78 is 68.6. The first-order valence-electron chi connectivity index (χ1n) is 41.7. The second-order valence-electron chi connectivity index (χ2n) is 30.8. The maximum atomic E-state index is 13.1. The summed E-state index contributed by atoms with van der Waals surface area (Å²) in [5.74, 6) is 0.948. The molecule has 3 N–H and O–H groups in total. The van der Waals surface area contributed by atoms with Gasteiger partial charge in [-0.15, -0.1) is 0 Å². The van der Waals surface area contributed by atoms with E-state index in [-0.39, 0.29) is 25.7 Å². The number of aliphatic hydroxyl groups is 1. The van der Waals surface area contributed by atoms with Crippen molar-refractivity contribution < 1.29 is 80.2 Å². The number of unbranched alkanes of at least 4 members (excludes halogenated alkanes) is 43. The summed E-state index contributed by atoms with van der Waals surface area (Å²) in [6.07, 6.45) is 57.2. The Kier molecular flexibility index (Phi) is 68.7.